The van der Waals surface area contributed by atoms with Gasteiger partial charge in [0.15, 0.2) is 5.16 Å². The molecule has 0 amide bonds. The van der Waals surface area contributed by atoms with Crippen LogP contribution in [0.2, 0.25) is 0 Å². The van der Waals surface area contributed by atoms with E-state index in [9.17, 15) is 9.59 Å². The standard InChI is InChI=1S/C16H14N2O3S2/c1-9-12(10-6-4-3-5-7-10)13-14(23-9)17-16(22-2)18(15(13)21)8-11(19)20/h3-7H,8H2,1-2H3,(H,19,20). The number of carbonyl (C=O) groups is 1. The normalized spacial score (nSPS) is 11.0. The van der Waals surface area contributed by atoms with Crippen LogP contribution >= 0.6 is 23.1 Å². The molecule has 0 aliphatic heterocycles. The predicted octanol–water partition coefficient (Wildman–Crippen LogP) is 3.24. The smallest absolute Gasteiger partial charge is 0.323 e. The van der Waals surface area contributed by atoms with E-state index < -0.39 is 5.97 Å². The number of thioether (sulfide) groups is 1. The van der Waals surface area contributed by atoms with Crippen LogP contribution < -0.4 is 5.56 Å². The summed E-state index contributed by atoms with van der Waals surface area (Å²) in [6.45, 7) is 1.56. The van der Waals surface area contributed by atoms with Crippen molar-refractivity contribution >= 4 is 39.3 Å². The number of aromatic nitrogens is 2. The molecule has 0 atom stereocenters. The van der Waals surface area contributed by atoms with Gasteiger partial charge in [-0.2, -0.15) is 0 Å². The molecule has 3 aromatic rings. The molecule has 3 rings (SSSR count). The number of carboxylic acid groups (broad SMARTS) is 1. The van der Waals surface area contributed by atoms with E-state index in [-0.39, 0.29) is 12.1 Å². The Balaban J connectivity index is 2.38. The van der Waals surface area contributed by atoms with Gasteiger partial charge in [0.05, 0.1) is 5.39 Å². The lowest BCUT2D eigenvalue weighted by molar-refractivity contribution is -0.137. The lowest BCUT2D eigenvalue weighted by Crippen LogP contribution is -2.26. The molecule has 1 N–H and O–H groups in total. The largest absolute Gasteiger partial charge is 0.480 e. The van der Waals surface area contributed by atoms with Crippen LogP contribution in [0.3, 0.4) is 0 Å². The van der Waals surface area contributed by atoms with Crippen molar-refractivity contribution in [2.75, 3.05) is 6.26 Å². The second kappa shape index (κ2) is 6.17. The van der Waals surface area contributed by atoms with Gasteiger partial charge in [0.25, 0.3) is 5.56 Å². The first-order valence-corrected chi connectivity index (χ1v) is 8.92. The number of benzene rings is 1. The van der Waals surface area contributed by atoms with E-state index in [1.807, 2.05) is 37.3 Å². The van der Waals surface area contributed by atoms with E-state index in [2.05, 4.69) is 4.98 Å². The topological polar surface area (TPSA) is 72.2 Å². The summed E-state index contributed by atoms with van der Waals surface area (Å²) in [6, 6.07) is 9.63. The number of aliphatic carboxylic acids is 1. The van der Waals surface area contributed by atoms with E-state index >= 15 is 0 Å². The maximum Gasteiger partial charge on any atom is 0.323 e. The molecule has 2 aromatic heterocycles. The van der Waals surface area contributed by atoms with Crippen LogP contribution in [0.1, 0.15) is 4.88 Å². The van der Waals surface area contributed by atoms with Crippen LogP contribution in [-0.4, -0.2) is 26.9 Å². The third kappa shape index (κ3) is 2.77. The molecule has 1 aromatic carbocycles. The van der Waals surface area contributed by atoms with Crippen molar-refractivity contribution in [2.45, 2.75) is 18.6 Å². The molecule has 0 aliphatic rings. The van der Waals surface area contributed by atoms with E-state index in [4.69, 9.17) is 5.11 Å². The molecule has 0 spiro atoms. The van der Waals surface area contributed by atoms with Crippen LogP contribution in [0.4, 0.5) is 0 Å². The fourth-order valence-corrected chi connectivity index (χ4v) is 4.20. The first-order valence-electron chi connectivity index (χ1n) is 6.88. The summed E-state index contributed by atoms with van der Waals surface area (Å²) in [7, 11) is 0. The van der Waals surface area contributed by atoms with Gasteiger partial charge in [0.1, 0.15) is 11.4 Å². The van der Waals surface area contributed by atoms with Crippen molar-refractivity contribution in [3.8, 4) is 11.1 Å². The van der Waals surface area contributed by atoms with Crippen molar-refractivity contribution < 1.29 is 9.90 Å². The van der Waals surface area contributed by atoms with Crippen molar-refractivity contribution in [2.24, 2.45) is 0 Å². The Morgan fingerprint density at radius 1 is 1.35 bits per heavy atom. The van der Waals surface area contributed by atoms with Gasteiger partial charge in [-0.25, -0.2) is 4.98 Å². The molecule has 0 fully saturated rings. The fourth-order valence-electron chi connectivity index (χ4n) is 2.56. The van der Waals surface area contributed by atoms with Crippen LogP contribution in [0.15, 0.2) is 40.3 Å². The molecule has 7 heteroatoms. The Labute approximate surface area is 140 Å². The molecular weight excluding hydrogens is 332 g/mol. The number of fused-ring (bicyclic) bond motifs is 1. The Morgan fingerprint density at radius 2 is 2.04 bits per heavy atom. The second-order valence-electron chi connectivity index (χ2n) is 4.96. The molecule has 0 saturated heterocycles. The second-order valence-corrected chi connectivity index (χ2v) is 6.94. The van der Waals surface area contributed by atoms with Gasteiger partial charge in [-0.1, -0.05) is 42.1 Å². The van der Waals surface area contributed by atoms with Crippen molar-refractivity contribution in [3.05, 3.63) is 45.6 Å². The van der Waals surface area contributed by atoms with Gasteiger partial charge in [-0.3, -0.25) is 14.2 Å². The third-order valence-electron chi connectivity index (χ3n) is 3.49. The Kier molecular flexibility index (Phi) is 4.23. The summed E-state index contributed by atoms with van der Waals surface area (Å²) in [5.41, 5.74) is 1.48. The predicted molar refractivity (Wildman–Crippen MR) is 93.5 cm³/mol. The number of aryl methyl sites for hydroxylation is 1. The number of thiophene rings is 1. The van der Waals surface area contributed by atoms with Gasteiger partial charge in [0, 0.05) is 10.4 Å². The number of carboxylic acids is 1. The Morgan fingerprint density at radius 3 is 2.65 bits per heavy atom. The highest BCUT2D eigenvalue weighted by Crippen LogP contribution is 2.36. The molecule has 0 saturated carbocycles. The zero-order valence-electron chi connectivity index (χ0n) is 12.6. The maximum atomic E-state index is 12.9. The van der Waals surface area contributed by atoms with Crippen molar-refractivity contribution in [1.82, 2.24) is 9.55 Å². The molecule has 2 heterocycles. The molecular formula is C16H14N2O3S2. The minimum Gasteiger partial charge on any atom is -0.480 e. The van der Waals surface area contributed by atoms with E-state index in [1.54, 1.807) is 6.26 Å². The summed E-state index contributed by atoms with van der Waals surface area (Å²) in [5, 5.41) is 10.0. The molecule has 0 aliphatic carbocycles. The summed E-state index contributed by atoms with van der Waals surface area (Å²) in [4.78, 5) is 30.1. The molecule has 5 nitrogen and oxygen atoms in total. The zero-order chi connectivity index (χ0) is 16.6. The van der Waals surface area contributed by atoms with Crippen LogP contribution in [-0.2, 0) is 11.3 Å². The van der Waals surface area contributed by atoms with Gasteiger partial charge >= 0.3 is 5.97 Å². The first kappa shape index (κ1) is 15.8. The summed E-state index contributed by atoms with van der Waals surface area (Å²) in [6.07, 6.45) is 1.78. The SMILES string of the molecule is CSc1nc2sc(C)c(-c3ccccc3)c2c(=O)n1CC(=O)O. The number of hydrogen-bond donors (Lipinski definition) is 1. The monoisotopic (exact) mass is 346 g/mol. The highest BCUT2D eigenvalue weighted by molar-refractivity contribution is 7.98. The zero-order valence-corrected chi connectivity index (χ0v) is 14.2. The highest BCUT2D eigenvalue weighted by Gasteiger charge is 2.20. The lowest BCUT2D eigenvalue weighted by atomic mass is 10.0. The van der Waals surface area contributed by atoms with Crippen LogP contribution in [0.25, 0.3) is 21.3 Å². The molecule has 118 valence electrons. The number of hydrogen-bond acceptors (Lipinski definition) is 5. The summed E-state index contributed by atoms with van der Waals surface area (Å²) >= 11 is 2.73. The Bertz CT molecular complexity index is 945. The average Bonchev–Trinajstić information content (AvgIpc) is 2.86. The minimum atomic E-state index is -1.06. The van der Waals surface area contributed by atoms with Gasteiger partial charge in [-0.15, -0.1) is 11.3 Å². The van der Waals surface area contributed by atoms with Crippen molar-refractivity contribution in [3.63, 3.8) is 0 Å². The summed E-state index contributed by atoms with van der Waals surface area (Å²) < 4.78 is 1.23. The minimum absolute atomic E-state index is 0.301. The molecule has 23 heavy (non-hydrogen) atoms. The maximum absolute atomic E-state index is 12.9. The quantitative estimate of drug-likeness (QED) is 0.580. The van der Waals surface area contributed by atoms with Crippen molar-refractivity contribution in [1.29, 1.82) is 0 Å². The Hall–Kier alpha value is -2.12. The van der Waals surface area contributed by atoms with E-state index in [1.165, 1.54) is 27.7 Å². The average molecular weight is 346 g/mol. The van der Waals surface area contributed by atoms with E-state index in [0.29, 0.717) is 15.4 Å². The van der Waals surface area contributed by atoms with E-state index in [0.717, 1.165) is 16.0 Å². The first-order chi connectivity index (χ1) is 11.0. The lowest BCUT2D eigenvalue weighted by Gasteiger charge is -2.08. The van der Waals surface area contributed by atoms with Crippen LogP contribution in [0.5, 0.6) is 0 Å². The number of rotatable bonds is 4. The molecule has 0 unspecified atom stereocenters. The fraction of sp³-hybridized carbons (Fsp3) is 0.188. The van der Waals surface area contributed by atoms with Gasteiger partial charge in [-0.05, 0) is 18.7 Å². The molecule has 0 bridgehead atoms. The van der Waals surface area contributed by atoms with Gasteiger partial charge < -0.3 is 5.11 Å². The van der Waals surface area contributed by atoms with Gasteiger partial charge in [0.2, 0.25) is 0 Å². The van der Waals surface area contributed by atoms with Crippen LogP contribution in [0, 0.1) is 6.92 Å². The number of nitrogens with zero attached hydrogens (tertiary/aromatic N) is 2. The summed E-state index contributed by atoms with van der Waals surface area (Å²) in [5.74, 6) is -1.06. The molecule has 0 radical (unpaired) electrons. The highest BCUT2D eigenvalue weighted by atomic mass is 32.2. The third-order valence-corrected chi connectivity index (χ3v) is 5.17.